The molecule has 1 fully saturated rings. The molecule has 0 amide bonds. The molecule has 0 aromatic carbocycles. The molecule has 0 spiro atoms. The van der Waals surface area contributed by atoms with Crippen LogP contribution in [0.1, 0.15) is 12.8 Å². The normalized spacial score (nSPS) is 30.6. The van der Waals surface area contributed by atoms with Gasteiger partial charge in [0, 0.05) is 12.0 Å². The van der Waals surface area contributed by atoms with Crippen LogP contribution in [0.5, 0.6) is 0 Å². The highest BCUT2D eigenvalue weighted by molar-refractivity contribution is 5.67. The van der Waals surface area contributed by atoms with Crippen molar-refractivity contribution in [2.24, 2.45) is 5.41 Å². The van der Waals surface area contributed by atoms with Crippen LogP contribution in [0, 0.1) is 5.41 Å². The van der Waals surface area contributed by atoms with Crippen molar-refractivity contribution in [1.29, 1.82) is 0 Å². The van der Waals surface area contributed by atoms with Crippen molar-refractivity contribution in [1.82, 2.24) is 5.32 Å². The summed E-state index contributed by atoms with van der Waals surface area (Å²) in [7, 11) is 0. The summed E-state index contributed by atoms with van der Waals surface area (Å²) in [6.07, 6.45) is 0.826. The molecule has 1 heterocycles. The van der Waals surface area contributed by atoms with E-state index in [1.165, 1.54) is 0 Å². The Kier molecular flexibility index (Phi) is 2.46. The number of hydrogen-bond acceptors (Lipinski definition) is 3. The summed E-state index contributed by atoms with van der Waals surface area (Å²) in [5.41, 5.74) is -0.397. The van der Waals surface area contributed by atoms with Gasteiger partial charge in [-0.1, -0.05) is 0 Å². The molecule has 64 valence electrons. The molecule has 0 saturated carbocycles. The number of nitrogens with one attached hydrogen (secondary N) is 1. The summed E-state index contributed by atoms with van der Waals surface area (Å²) in [6, 6.07) is 0. The van der Waals surface area contributed by atoms with Gasteiger partial charge in [0.05, 0.1) is 13.0 Å². The number of hydrogen-bond donors (Lipinski definition) is 3. The first kappa shape index (κ1) is 8.49. The Balaban J connectivity index is 2.52. The number of aliphatic hydroxyl groups excluding tert-OH is 1. The quantitative estimate of drug-likeness (QED) is 0.516. The van der Waals surface area contributed by atoms with Gasteiger partial charge in [-0.05, 0) is 13.0 Å². The third-order valence-electron chi connectivity index (χ3n) is 2.19. The van der Waals surface area contributed by atoms with Crippen molar-refractivity contribution in [2.45, 2.75) is 12.8 Å². The van der Waals surface area contributed by atoms with E-state index < -0.39 is 11.4 Å². The fourth-order valence-electron chi connectivity index (χ4n) is 1.46. The Hall–Kier alpha value is -0.610. The summed E-state index contributed by atoms with van der Waals surface area (Å²) >= 11 is 0. The first-order valence-electron chi connectivity index (χ1n) is 3.72. The molecule has 4 nitrogen and oxygen atoms in total. The van der Waals surface area contributed by atoms with E-state index in [-0.39, 0.29) is 13.0 Å². The van der Waals surface area contributed by atoms with Crippen molar-refractivity contribution in [2.75, 3.05) is 19.7 Å². The van der Waals surface area contributed by atoms with Crippen LogP contribution in [0.3, 0.4) is 0 Å². The van der Waals surface area contributed by atoms with Crippen molar-refractivity contribution in [3.05, 3.63) is 0 Å². The lowest BCUT2D eigenvalue weighted by atomic mass is 9.85. The molecule has 4 heteroatoms. The Morgan fingerprint density at radius 1 is 1.64 bits per heavy atom. The van der Waals surface area contributed by atoms with Gasteiger partial charge in [-0.25, -0.2) is 0 Å². The molecule has 0 aliphatic carbocycles. The summed E-state index contributed by atoms with van der Waals surface area (Å²) in [6.45, 7) is 1.40. The van der Waals surface area contributed by atoms with Crippen molar-refractivity contribution in [3.8, 4) is 0 Å². The molecule has 1 aliphatic heterocycles. The van der Waals surface area contributed by atoms with Gasteiger partial charge in [-0.3, -0.25) is 4.79 Å². The number of carboxylic acid groups (broad SMARTS) is 1. The highest BCUT2D eigenvalue weighted by Crippen LogP contribution is 2.28. The van der Waals surface area contributed by atoms with E-state index in [0.717, 1.165) is 13.0 Å². The summed E-state index contributed by atoms with van der Waals surface area (Å²) in [5.74, 6) is -0.831. The SMILES string of the molecule is O=C(O)CC1(CO)CCNC1. The molecular formula is C7H13NO3. The van der Waals surface area contributed by atoms with Gasteiger partial charge >= 0.3 is 5.97 Å². The first-order chi connectivity index (χ1) is 5.18. The van der Waals surface area contributed by atoms with E-state index in [0.29, 0.717) is 6.54 Å². The molecule has 1 atom stereocenters. The maximum Gasteiger partial charge on any atom is 0.304 e. The van der Waals surface area contributed by atoms with E-state index >= 15 is 0 Å². The second-order valence-electron chi connectivity index (χ2n) is 3.16. The second-order valence-corrected chi connectivity index (χ2v) is 3.16. The first-order valence-corrected chi connectivity index (χ1v) is 3.72. The molecule has 3 N–H and O–H groups in total. The monoisotopic (exact) mass is 159 g/mol. The molecular weight excluding hydrogens is 146 g/mol. The smallest absolute Gasteiger partial charge is 0.304 e. The number of rotatable bonds is 3. The van der Waals surface area contributed by atoms with Gasteiger partial charge in [-0.2, -0.15) is 0 Å². The molecule has 1 aliphatic rings. The van der Waals surface area contributed by atoms with Gasteiger partial charge in [0.15, 0.2) is 0 Å². The van der Waals surface area contributed by atoms with Crippen LogP contribution >= 0.6 is 0 Å². The van der Waals surface area contributed by atoms with Crippen LogP contribution in [0.15, 0.2) is 0 Å². The molecule has 0 aromatic rings. The third-order valence-corrected chi connectivity index (χ3v) is 2.19. The summed E-state index contributed by atoms with van der Waals surface area (Å²) < 4.78 is 0. The zero-order valence-corrected chi connectivity index (χ0v) is 6.34. The fraction of sp³-hybridized carbons (Fsp3) is 0.857. The maximum absolute atomic E-state index is 10.4. The van der Waals surface area contributed by atoms with Gasteiger partial charge in [0.25, 0.3) is 0 Å². The average molecular weight is 159 g/mol. The molecule has 1 unspecified atom stereocenters. The largest absolute Gasteiger partial charge is 0.481 e. The highest BCUT2D eigenvalue weighted by Gasteiger charge is 2.35. The zero-order chi connectivity index (χ0) is 8.32. The fourth-order valence-corrected chi connectivity index (χ4v) is 1.46. The topological polar surface area (TPSA) is 69.6 Å². The number of carbonyl (C=O) groups is 1. The average Bonchev–Trinajstić information content (AvgIpc) is 2.36. The number of aliphatic hydroxyl groups is 1. The molecule has 0 aromatic heterocycles. The molecule has 0 bridgehead atoms. The third kappa shape index (κ3) is 1.91. The number of carboxylic acids is 1. The van der Waals surface area contributed by atoms with Crippen LogP contribution < -0.4 is 5.32 Å². The maximum atomic E-state index is 10.4. The van der Waals surface area contributed by atoms with Gasteiger partial charge in [0.2, 0.25) is 0 Å². The zero-order valence-electron chi connectivity index (χ0n) is 6.34. The highest BCUT2D eigenvalue weighted by atomic mass is 16.4. The van der Waals surface area contributed by atoms with Crippen molar-refractivity contribution >= 4 is 5.97 Å². The van der Waals surface area contributed by atoms with E-state index in [1.807, 2.05) is 0 Å². The van der Waals surface area contributed by atoms with Gasteiger partial charge in [-0.15, -0.1) is 0 Å². The Morgan fingerprint density at radius 2 is 2.36 bits per heavy atom. The molecule has 0 radical (unpaired) electrons. The predicted octanol–water partition coefficient (Wildman–Crippen LogP) is -0.567. The lowest BCUT2D eigenvalue weighted by Gasteiger charge is -2.22. The lowest BCUT2D eigenvalue weighted by Crippen LogP contribution is -2.30. The molecule has 11 heavy (non-hydrogen) atoms. The van der Waals surface area contributed by atoms with Gasteiger partial charge in [0.1, 0.15) is 0 Å². The summed E-state index contributed by atoms with van der Waals surface area (Å²) in [4.78, 5) is 10.4. The van der Waals surface area contributed by atoms with E-state index in [1.54, 1.807) is 0 Å². The lowest BCUT2D eigenvalue weighted by molar-refractivity contribution is -0.140. The Morgan fingerprint density at radius 3 is 2.73 bits per heavy atom. The minimum atomic E-state index is -0.831. The van der Waals surface area contributed by atoms with E-state index in [2.05, 4.69) is 5.32 Å². The standard InChI is InChI=1S/C7H13NO3/c9-5-7(3-6(10)11)1-2-8-4-7/h8-9H,1-5H2,(H,10,11). The van der Waals surface area contributed by atoms with E-state index in [9.17, 15) is 4.79 Å². The summed E-state index contributed by atoms with van der Waals surface area (Å²) in [5, 5.41) is 20.5. The Bertz CT molecular complexity index is 152. The molecule has 1 saturated heterocycles. The molecule has 1 rings (SSSR count). The van der Waals surface area contributed by atoms with Crippen LogP contribution in [0.4, 0.5) is 0 Å². The Labute approximate surface area is 65.2 Å². The van der Waals surface area contributed by atoms with Crippen molar-refractivity contribution in [3.63, 3.8) is 0 Å². The van der Waals surface area contributed by atoms with Gasteiger partial charge < -0.3 is 15.5 Å². The van der Waals surface area contributed by atoms with E-state index in [4.69, 9.17) is 10.2 Å². The van der Waals surface area contributed by atoms with Crippen LogP contribution in [0.25, 0.3) is 0 Å². The minimum Gasteiger partial charge on any atom is -0.481 e. The van der Waals surface area contributed by atoms with Crippen molar-refractivity contribution < 1.29 is 15.0 Å². The van der Waals surface area contributed by atoms with Crippen LogP contribution in [-0.2, 0) is 4.79 Å². The predicted molar refractivity (Wildman–Crippen MR) is 39.3 cm³/mol. The van der Waals surface area contributed by atoms with Crippen LogP contribution in [0.2, 0.25) is 0 Å². The van der Waals surface area contributed by atoms with Crippen LogP contribution in [-0.4, -0.2) is 35.9 Å². The minimum absolute atomic E-state index is 0.0354. The number of aliphatic carboxylic acids is 1. The second kappa shape index (κ2) is 3.19.